The van der Waals surface area contributed by atoms with Crippen molar-refractivity contribution in [2.45, 2.75) is 51.0 Å². The number of ether oxygens (including phenoxy) is 1. The zero-order chi connectivity index (χ0) is 12.7. The molecule has 2 aliphatic rings. The van der Waals surface area contributed by atoms with Crippen molar-refractivity contribution in [1.29, 1.82) is 0 Å². The highest BCUT2D eigenvalue weighted by molar-refractivity contribution is 7.92. The van der Waals surface area contributed by atoms with Crippen LogP contribution < -0.4 is 5.32 Å². The van der Waals surface area contributed by atoms with Gasteiger partial charge in [-0.3, -0.25) is 5.32 Å². The van der Waals surface area contributed by atoms with E-state index >= 15 is 0 Å². The summed E-state index contributed by atoms with van der Waals surface area (Å²) >= 11 is 0. The molecule has 2 aliphatic heterocycles. The van der Waals surface area contributed by atoms with E-state index in [2.05, 4.69) is 19.2 Å². The Labute approximate surface area is 104 Å². The maximum atomic E-state index is 12.1. The van der Waals surface area contributed by atoms with Gasteiger partial charge in [-0.25, -0.2) is 8.42 Å². The lowest BCUT2D eigenvalue weighted by Gasteiger charge is -2.47. The Kier molecular flexibility index (Phi) is 3.30. The molecule has 4 nitrogen and oxygen atoms in total. The predicted molar refractivity (Wildman–Crippen MR) is 67.6 cm³/mol. The second-order valence-electron chi connectivity index (χ2n) is 6.26. The first kappa shape index (κ1) is 13.3. The Morgan fingerprint density at radius 3 is 2.47 bits per heavy atom. The summed E-state index contributed by atoms with van der Waals surface area (Å²) in [5.74, 6) is 0.307. The van der Waals surface area contributed by atoms with Crippen molar-refractivity contribution in [3.8, 4) is 0 Å². The van der Waals surface area contributed by atoms with Gasteiger partial charge in [0.25, 0.3) is 0 Å². The summed E-state index contributed by atoms with van der Waals surface area (Å²) in [4.78, 5) is 0. The fraction of sp³-hybridized carbons (Fsp3) is 1.00. The quantitative estimate of drug-likeness (QED) is 0.773. The minimum Gasteiger partial charge on any atom is -0.359 e. The average molecular weight is 261 g/mol. The van der Waals surface area contributed by atoms with E-state index < -0.39 is 15.6 Å². The molecule has 1 N–H and O–H groups in total. The van der Waals surface area contributed by atoms with Crippen molar-refractivity contribution in [3.63, 3.8) is 0 Å². The summed E-state index contributed by atoms with van der Waals surface area (Å²) in [7, 11) is -3.01. The summed E-state index contributed by atoms with van der Waals surface area (Å²) in [5.41, 5.74) is -0.618. The van der Waals surface area contributed by atoms with Gasteiger partial charge in [0.05, 0.1) is 12.4 Å². The zero-order valence-electron chi connectivity index (χ0n) is 11.0. The molecule has 0 saturated carbocycles. The summed E-state index contributed by atoms with van der Waals surface area (Å²) in [6.45, 7) is 7.54. The van der Waals surface area contributed by atoms with Crippen molar-refractivity contribution in [2.75, 3.05) is 18.9 Å². The third kappa shape index (κ3) is 2.66. The molecule has 2 unspecified atom stereocenters. The van der Waals surface area contributed by atoms with E-state index in [4.69, 9.17) is 4.74 Å². The van der Waals surface area contributed by atoms with Gasteiger partial charge < -0.3 is 4.74 Å². The van der Waals surface area contributed by atoms with Crippen molar-refractivity contribution < 1.29 is 13.2 Å². The van der Waals surface area contributed by atoms with Crippen LogP contribution >= 0.6 is 0 Å². The molecule has 2 atom stereocenters. The SMILES string of the molecule is CC1(C)CNC(C)(C2CCCCS2(=O)=O)OC1. The zero-order valence-corrected chi connectivity index (χ0v) is 11.8. The Bertz CT molecular complexity index is 379. The number of hydrogen-bond acceptors (Lipinski definition) is 4. The fourth-order valence-electron chi connectivity index (χ4n) is 2.64. The highest BCUT2D eigenvalue weighted by atomic mass is 32.2. The van der Waals surface area contributed by atoms with Gasteiger partial charge in [0, 0.05) is 12.0 Å². The molecule has 0 radical (unpaired) electrons. The maximum Gasteiger partial charge on any atom is 0.157 e. The van der Waals surface area contributed by atoms with Crippen LogP contribution in [0, 0.1) is 5.41 Å². The molecular weight excluding hydrogens is 238 g/mol. The molecule has 0 aliphatic carbocycles. The van der Waals surface area contributed by atoms with Crippen LogP contribution in [0.15, 0.2) is 0 Å². The lowest BCUT2D eigenvalue weighted by atomic mass is 9.91. The lowest BCUT2D eigenvalue weighted by Crippen LogP contribution is -2.64. The van der Waals surface area contributed by atoms with E-state index in [0.717, 1.165) is 19.4 Å². The van der Waals surface area contributed by atoms with Crippen LogP contribution in [-0.2, 0) is 14.6 Å². The van der Waals surface area contributed by atoms with Crippen molar-refractivity contribution in [1.82, 2.24) is 5.32 Å². The van der Waals surface area contributed by atoms with E-state index in [-0.39, 0.29) is 10.7 Å². The third-order valence-electron chi connectivity index (χ3n) is 3.87. The summed E-state index contributed by atoms with van der Waals surface area (Å²) in [6.07, 6.45) is 2.49. The molecule has 0 amide bonds. The van der Waals surface area contributed by atoms with Gasteiger partial charge in [0.1, 0.15) is 11.0 Å². The van der Waals surface area contributed by atoms with Crippen molar-refractivity contribution in [3.05, 3.63) is 0 Å². The van der Waals surface area contributed by atoms with Gasteiger partial charge in [0.15, 0.2) is 9.84 Å². The van der Waals surface area contributed by atoms with Crippen LogP contribution in [0.4, 0.5) is 0 Å². The molecule has 0 aromatic carbocycles. The standard InChI is InChI=1S/C12H23NO3S/c1-11(2)8-13-12(3,16-9-11)10-6-4-5-7-17(10,14)15/h10,13H,4-9H2,1-3H3. The van der Waals surface area contributed by atoms with Gasteiger partial charge in [-0.2, -0.15) is 0 Å². The van der Waals surface area contributed by atoms with Crippen LogP contribution in [0.25, 0.3) is 0 Å². The molecule has 100 valence electrons. The second-order valence-corrected chi connectivity index (χ2v) is 8.57. The van der Waals surface area contributed by atoms with Crippen LogP contribution in [0.3, 0.4) is 0 Å². The maximum absolute atomic E-state index is 12.1. The number of sulfone groups is 1. The molecule has 17 heavy (non-hydrogen) atoms. The number of nitrogens with one attached hydrogen (secondary N) is 1. The van der Waals surface area contributed by atoms with Crippen LogP contribution in [0.1, 0.15) is 40.0 Å². The monoisotopic (exact) mass is 261 g/mol. The van der Waals surface area contributed by atoms with E-state index in [1.807, 2.05) is 6.92 Å². The fourth-order valence-corrected chi connectivity index (χ4v) is 4.90. The van der Waals surface area contributed by atoms with E-state index in [1.165, 1.54) is 0 Å². The average Bonchev–Trinajstić information content (AvgIpc) is 2.22. The molecule has 0 bridgehead atoms. The first-order valence-electron chi connectivity index (χ1n) is 6.36. The summed E-state index contributed by atoms with van der Waals surface area (Å²) < 4.78 is 30.1. The van der Waals surface area contributed by atoms with Crippen molar-refractivity contribution in [2.24, 2.45) is 5.41 Å². The summed E-state index contributed by atoms with van der Waals surface area (Å²) in [6, 6.07) is 0. The van der Waals surface area contributed by atoms with Gasteiger partial charge in [-0.1, -0.05) is 20.3 Å². The van der Waals surface area contributed by atoms with Crippen molar-refractivity contribution >= 4 is 9.84 Å². The Balaban J connectivity index is 2.16. The smallest absolute Gasteiger partial charge is 0.157 e. The first-order chi connectivity index (χ1) is 7.75. The van der Waals surface area contributed by atoms with Gasteiger partial charge >= 0.3 is 0 Å². The molecule has 2 fully saturated rings. The van der Waals surface area contributed by atoms with Gasteiger partial charge in [-0.05, 0) is 19.8 Å². The molecule has 2 heterocycles. The highest BCUT2D eigenvalue weighted by Gasteiger charge is 2.47. The molecule has 0 aromatic heterocycles. The van der Waals surface area contributed by atoms with E-state index in [0.29, 0.717) is 18.8 Å². The van der Waals surface area contributed by atoms with Gasteiger partial charge in [-0.15, -0.1) is 0 Å². The Hall–Kier alpha value is -0.130. The highest BCUT2D eigenvalue weighted by Crippen LogP contribution is 2.34. The number of hydrogen-bond donors (Lipinski definition) is 1. The largest absolute Gasteiger partial charge is 0.359 e. The summed E-state index contributed by atoms with van der Waals surface area (Å²) in [5, 5.41) is 2.92. The van der Waals surface area contributed by atoms with Crippen LogP contribution in [0.5, 0.6) is 0 Å². The normalized spacial score (nSPS) is 41.0. The molecule has 2 saturated heterocycles. The van der Waals surface area contributed by atoms with E-state index in [9.17, 15) is 8.42 Å². The molecular formula is C12H23NO3S. The third-order valence-corrected chi connectivity index (χ3v) is 6.28. The van der Waals surface area contributed by atoms with Gasteiger partial charge in [0.2, 0.25) is 0 Å². The Morgan fingerprint density at radius 1 is 1.24 bits per heavy atom. The first-order valence-corrected chi connectivity index (χ1v) is 8.07. The molecule has 2 rings (SSSR count). The van der Waals surface area contributed by atoms with Crippen LogP contribution in [0.2, 0.25) is 0 Å². The minimum absolute atomic E-state index is 0.0813. The number of rotatable bonds is 1. The topological polar surface area (TPSA) is 55.4 Å². The minimum atomic E-state index is -3.01. The van der Waals surface area contributed by atoms with Crippen LogP contribution in [-0.4, -0.2) is 38.3 Å². The lowest BCUT2D eigenvalue weighted by molar-refractivity contribution is -0.128. The molecule has 5 heteroatoms. The predicted octanol–water partition coefficient (Wildman–Crippen LogP) is 1.32. The van der Waals surface area contributed by atoms with E-state index in [1.54, 1.807) is 0 Å². The Morgan fingerprint density at radius 2 is 1.94 bits per heavy atom. The molecule has 0 aromatic rings. The second kappa shape index (κ2) is 4.21. The molecule has 0 spiro atoms.